The number of hydrogen-bond donors (Lipinski definition) is 1. The first-order valence-electron chi connectivity index (χ1n) is 13.0. The van der Waals surface area contributed by atoms with Crippen LogP contribution in [0.4, 0.5) is 5.13 Å². The van der Waals surface area contributed by atoms with Crippen molar-refractivity contribution in [1.29, 1.82) is 0 Å². The normalized spacial score (nSPS) is 11.4. The SMILES string of the molecule is CCN(Cc1ccccc1)S(=O)(=O)c1ccc(C(=O)Nc2nc(-c3ccccc3)c(C(=O)c3ccccc3)s2)cc1. The summed E-state index contributed by atoms with van der Waals surface area (Å²) < 4.78 is 28.0. The topological polar surface area (TPSA) is 96.4 Å². The summed E-state index contributed by atoms with van der Waals surface area (Å²) in [5, 5.41) is 3.04. The highest BCUT2D eigenvalue weighted by atomic mass is 32.2. The summed E-state index contributed by atoms with van der Waals surface area (Å²) in [6.07, 6.45) is 0. The Hall–Kier alpha value is -4.44. The number of hydrogen-bond acceptors (Lipinski definition) is 6. The number of aromatic nitrogens is 1. The fraction of sp³-hybridized carbons (Fsp3) is 0.0938. The minimum Gasteiger partial charge on any atom is -0.298 e. The van der Waals surface area contributed by atoms with Gasteiger partial charge in [0.1, 0.15) is 4.88 Å². The molecule has 5 aromatic rings. The zero-order valence-electron chi connectivity index (χ0n) is 22.2. The van der Waals surface area contributed by atoms with E-state index in [-0.39, 0.29) is 27.9 Å². The lowest BCUT2D eigenvalue weighted by Gasteiger charge is -2.20. The van der Waals surface area contributed by atoms with Crippen LogP contribution in [0.15, 0.2) is 120 Å². The van der Waals surface area contributed by atoms with E-state index in [4.69, 9.17) is 0 Å². The largest absolute Gasteiger partial charge is 0.298 e. The Morgan fingerprint density at radius 2 is 1.37 bits per heavy atom. The minimum absolute atomic E-state index is 0.100. The van der Waals surface area contributed by atoms with Crippen LogP contribution in [0.2, 0.25) is 0 Å². The maximum Gasteiger partial charge on any atom is 0.257 e. The third kappa shape index (κ3) is 6.33. The Kier molecular flexibility index (Phi) is 8.49. The first-order valence-corrected chi connectivity index (χ1v) is 15.2. The van der Waals surface area contributed by atoms with E-state index in [0.29, 0.717) is 22.7 Å². The molecule has 1 aromatic heterocycles. The van der Waals surface area contributed by atoms with Gasteiger partial charge in [-0.3, -0.25) is 14.9 Å². The molecule has 0 aliphatic rings. The van der Waals surface area contributed by atoms with Crippen LogP contribution < -0.4 is 5.32 Å². The van der Waals surface area contributed by atoms with E-state index in [9.17, 15) is 18.0 Å². The first-order chi connectivity index (χ1) is 19.9. The molecule has 0 saturated heterocycles. The number of ketones is 1. The molecule has 0 aliphatic carbocycles. The molecule has 5 rings (SSSR count). The van der Waals surface area contributed by atoms with Crippen molar-refractivity contribution in [2.75, 3.05) is 11.9 Å². The predicted octanol–water partition coefficient (Wildman–Crippen LogP) is 6.50. The smallest absolute Gasteiger partial charge is 0.257 e. The van der Waals surface area contributed by atoms with Gasteiger partial charge in [0.15, 0.2) is 5.13 Å². The number of rotatable bonds is 10. The Labute approximate surface area is 243 Å². The van der Waals surface area contributed by atoms with Gasteiger partial charge in [-0.2, -0.15) is 4.31 Å². The highest BCUT2D eigenvalue weighted by molar-refractivity contribution is 7.89. The predicted molar refractivity (Wildman–Crippen MR) is 162 cm³/mol. The average Bonchev–Trinajstić information content (AvgIpc) is 3.44. The zero-order valence-corrected chi connectivity index (χ0v) is 23.9. The second kappa shape index (κ2) is 12.4. The standard InChI is InChI=1S/C32H27N3O4S2/c1-2-35(22-23-12-6-3-7-13-23)41(38,39)27-20-18-26(19-21-27)31(37)34-32-33-28(24-14-8-4-9-15-24)30(40-32)29(36)25-16-10-5-11-17-25/h3-21H,2,22H2,1H3,(H,33,34,37). The third-order valence-corrected chi connectivity index (χ3v) is 9.35. The molecule has 4 aromatic carbocycles. The molecular weight excluding hydrogens is 555 g/mol. The number of nitrogens with zero attached hydrogens (tertiary/aromatic N) is 2. The van der Waals surface area contributed by atoms with Crippen molar-refractivity contribution in [2.45, 2.75) is 18.4 Å². The molecule has 0 bridgehead atoms. The highest BCUT2D eigenvalue weighted by Crippen LogP contribution is 2.33. The number of sulfonamides is 1. The summed E-state index contributed by atoms with van der Waals surface area (Å²) >= 11 is 1.10. The molecule has 0 radical (unpaired) electrons. The molecule has 7 nitrogen and oxygen atoms in total. The first kappa shape index (κ1) is 28.1. The van der Waals surface area contributed by atoms with Crippen molar-refractivity contribution >= 4 is 38.2 Å². The van der Waals surface area contributed by atoms with Crippen molar-refractivity contribution in [3.63, 3.8) is 0 Å². The average molecular weight is 582 g/mol. The monoisotopic (exact) mass is 581 g/mol. The Morgan fingerprint density at radius 1 is 0.780 bits per heavy atom. The van der Waals surface area contributed by atoms with E-state index in [2.05, 4.69) is 10.3 Å². The molecule has 0 saturated carbocycles. The fourth-order valence-electron chi connectivity index (χ4n) is 4.29. The van der Waals surface area contributed by atoms with Gasteiger partial charge in [0.2, 0.25) is 15.8 Å². The van der Waals surface area contributed by atoms with E-state index in [1.54, 1.807) is 31.2 Å². The summed E-state index contributed by atoms with van der Waals surface area (Å²) in [4.78, 5) is 31.5. The maximum absolute atomic E-state index is 13.3. The summed E-state index contributed by atoms with van der Waals surface area (Å²) in [7, 11) is -3.77. The van der Waals surface area contributed by atoms with Gasteiger partial charge in [0, 0.05) is 29.8 Å². The van der Waals surface area contributed by atoms with E-state index < -0.39 is 15.9 Å². The number of carbonyl (C=O) groups excluding carboxylic acids is 2. The number of thiazole rings is 1. The second-order valence-electron chi connectivity index (χ2n) is 9.15. The van der Waals surface area contributed by atoms with Crippen LogP contribution in [0, 0.1) is 0 Å². The minimum atomic E-state index is -3.77. The van der Waals surface area contributed by atoms with E-state index in [0.717, 1.165) is 22.5 Å². The quantitative estimate of drug-likeness (QED) is 0.190. The Balaban J connectivity index is 1.37. The molecule has 0 fully saturated rings. The fourth-order valence-corrected chi connectivity index (χ4v) is 6.67. The molecule has 206 valence electrons. The van der Waals surface area contributed by atoms with Gasteiger partial charge < -0.3 is 0 Å². The van der Waals surface area contributed by atoms with Gasteiger partial charge in [-0.1, -0.05) is 109 Å². The summed E-state index contributed by atoms with van der Waals surface area (Å²) in [6.45, 7) is 2.34. The van der Waals surface area contributed by atoms with Crippen molar-refractivity contribution in [2.24, 2.45) is 0 Å². The van der Waals surface area contributed by atoms with Gasteiger partial charge >= 0.3 is 0 Å². The number of anilines is 1. The van der Waals surface area contributed by atoms with Gasteiger partial charge in [0.05, 0.1) is 10.6 Å². The van der Waals surface area contributed by atoms with Crippen LogP contribution in [0.25, 0.3) is 11.3 Å². The number of amides is 1. The maximum atomic E-state index is 13.3. The van der Waals surface area contributed by atoms with Crippen LogP contribution in [0.1, 0.15) is 38.1 Å². The van der Waals surface area contributed by atoms with Gasteiger partial charge in [-0.25, -0.2) is 13.4 Å². The number of nitrogens with one attached hydrogen (secondary N) is 1. The molecule has 1 amide bonds. The van der Waals surface area contributed by atoms with Crippen LogP contribution in [0.5, 0.6) is 0 Å². The number of carbonyl (C=O) groups is 2. The van der Waals surface area contributed by atoms with Gasteiger partial charge in [-0.15, -0.1) is 0 Å². The van der Waals surface area contributed by atoms with Crippen LogP contribution in [0.3, 0.4) is 0 Å². The summed E-state index contributed by atoms with van der Waals surface area (Å²) in [5.74, 6) is -0.648. The summed E-state index contributed by atoms with van der Waals surface area (Å²) in [6, 6.07) is 33.4. The lowest BCUT2D eigenvalue weighted by atomic mass is 10.1. The molecule has 1 N–H and O–H groups in total. The van der Waals surface area contributed by atoms with Gasteiger partial charge in [-0.05, 0) is 29.8 Å². The van der Waals surface area contributed by atoms with E-state index >= 15 is 0 Å². The second-order valence-corrected chi connectivity index (χ2v) is 12.1. The van der Waals surface area contributed by atoms with Crippen LogP contribution in [-0.2, 0) is 16.6 Å². The zero-order chi connectivity index (χ0) is 28.8. The molecular formula is C32H27N3O4S2. The molecule has 9 heteroatoms. The third-order valence-electron chi connectivity index (χ3n) is 6.45. The van der Waals surface area contributed by atoms with E-state index in [1.165, 1.54) is 28.6 Å². The molecule has 1 heterocycles. The molecule has 0 spiro atoms. The molecule has 0 unspecified atom stereocenters. The van der Waals surface area contributed by atoms with Crippen molar-refractivity contribution in [3.05, 3.63) is 137 Å². The lowest BCUT2D eigenvalue weighted by Crippen LogP contribution is -2.30. The molecule has 0 atom stereocenters. The Morgan fingerprint density at radius 3 is 1.98 bits per heavy atom. The van der Waals surface area contributed by atoms with Gasteiger partial charge in [0.25, 0.3) is 5.91 Å². The Bertz CT molecular complexity index is 1750. The highest BCUT2D eigenvalue weighted by Gasteiger charge is 2.25. The van der Waals surface area contributed by atoms with Crippen molar-refractivity contribution < 1.29 is 18.0 Å². The van der Waals surface area contributed by atoms with E-state index in [1.807, 2.05) is 66.7 Å². The number of benzene rings is 4. The molecule has 0 aliphatic heterocycles. The molecule has 41 heavy (non-hydrogen) atoms. The lowest BCUT2D eigenvalue weighted by molar-refractivity contribution is 0.102. The van der Waals surface area contributed by atoms with Crippen molar-refractivity contribution in [3.8, 4) is 11.3 Å². The van der Waals surface area contributed by atoms with Crippen LogP contribution in [-0.4, -0.2) is 35.9 Å². The van der Waals surface area contributed by atoms with Crippen LogP contribution >= 0.6 is 11.3 Å². The summed E-state index contributed by atoms with van der Waals surface area (Å²) in [5.41, 5.74) is 2.92. The van der Waals surface area contributed by atoms with Crippen molar-refractivity contribution in [1.82, 2.24) is 9.29 Å².